The van der Waals surface area contributed by atoms with Crippen LogP contribution < -0.4 is 5.32 Å². The number of unbranched alkanes of at least 4 members (excludes halogenated alkanes) is 1. The molecule has 0 saturated carbocycles. The minimum atomic E-state index is 0.698. The average molecular weight is 245 g/mol. The van der Waals surface area contributed by atoms with Gasteiger partial charge >= 0.3 is 0 Å². The van der Waals surface area contributed by atoms with Crippen LogP contribution in [-0.2, 0) is 0 Å². The molecule has 0 unspecified atom stereocenters. The van der Waals surface area contributed by atoms with Crippen molar-refractivity contribution in [2.24, 2.45) is 4.99 Å². The highest BCUT2D eigenvalue weighted by Crippen LogP contribution is 2.04. The average Bonchev–Trinajstić information content (AvgIpc) is 2.12. The van der Waals surface area contributed by atoms with E-state index in [-0.39, 0.29) is 0 Å². The van der Waals surface area contributed by atoms with Crippen LogP contribution in [0.15, 0.2) is 28.0 Å². The second kappa shape index (κ2) is 8.05. The number of rotatable bonds is 6. The summed E-state index contributed by atoms with van der Waals surface area (Å²) in [6, 6.07) is 0. The van der Waals surface area contributed by atoms with Gasteiger partial charge in [-0.3, -0.25) is 0 Å². The first kappa shape index (κ1) is 12.4. The molecule has 0 atom stereocenters. The first-order valence-electron chi connectivity index (χ1n) is 4.53. The molecule has 0 saturated heterocycles. The summed E-state index contributed by atoms with van der Waals surface area (Å²) >= 11 is 3.40. The number of hydrogen-bond acceptors (Lipinski definition) is 2. The molecule has 1 N–H and O–H groups in total. The molecule has 3 heteroatoms. The summed E-state index contributed by atoms with van der Waals surface area (Å²) in [4.78, 5) is 4.12. The van der Waals surface area contributed by atoms with Gasteiger partial charge in [0.15, 0.2) is 0 Å². The fourth-order valence-electron chi connectivity index (χ4n) is 0.724. The lowest BCUT2D eigenvalue weighted by Crippen LogP contribution is -2.08. The number of hydrogen-bond donors (Lipinski definition) is 1. The second-order valence-corrected chi connectivity index (χ2v) is 3.53. The summed E-state index contributed by atoms with van der Waals surface area (Å²) in [5, 5.41) is 3.02. The van der Waals surface area contributed by atoms with Crippen LogP contribution in [0.25, 0.3) is 0 Å². The predicted molar refractivity (Wildman–Crippen MR) is 63.2 cm³/mol. The molecule has 0 heterocycles. The second-order valence-electron chi connectivity index (χ2n) is 2.61. The molecule has 0 radical (unpaired) electrons. The number of nitrogens with one attached hydrogen (secondary N) is 1. The Bertz CT molecular complexity index is 207. The molecule has 0 aliphatic rings. The Morgan fingerprint density at radius 1 is 1.54 bits per heavy atom. The summed E-state index contributed by atoms with van der Waals surface area (Å²) in [7, 11) is 0. The Morgan fingerprint density at radius 2 is 2.23 bits per heavy atom. The summed E-state index contributed by atoms with van der Waals surface area (Å²) in [6.45, 7) is 8.75. The zero-order chi connectivity index (χ0) is 10.1. The van der Waals surface area contributed by atoms with Crippen LogP contribution in [0.4, 0.5) is 0 Å². The number of nitrogens with zero attached hydrogens (tertiary/aromatic N) is 1. The van der Waals surface area contributed by atoms with Crippen molar-refractivity contribution < 1.29 is 0 Å². The standard InChI is InChI=1S/C10H17BrN2/c1-4-6-7-10(11)8-13-9(3)12-5-2/h7-8,12H,3-6H2,1-2H3/b10-7+,13-8-. The normalized spacial score (nSPS) is 12.1. The molecule has 0 aliphatic carbocycles. The van der Waals surface area contributed by atoms with Crippen molar-refractivity contribution in [1.29, 1.82) is 0 Å². The minimum Gasteiger partial charge on any atom is -0.371 e. The van der Waals surface area contributed by atoms with E-state index in [9.17, 15) is 0 Å². The Labute approximate surface area is 89.0 Å². The molecule has 0 amide bonds. The van der Waals surface area contributed by atoms with Gasteiger partial charge in [0.25, 0.3) is 0 Å². The molecule has 0 aromatic heterocycles. The van der Waals surface area contributed by atoms with E-state index in [2.05, 4.69) is 45.8 Å². The molecule has 0 aromatic carbocycles. The molecule has 0 rings (SSSR count). The van der Waals surface area contributed by atoms with Crippen molar-refractivity contribution in [3.63, 3.8) is 0 Å². The lowest BCUT2D eigenvalue weighted by atomic mass is 10.3. The van der Waals surface area contributed by atoms with Gasteiger partial charge in [-0.05, 0) is 29.3 Å². The lowest BCUT2D eigenvalue weighted by molar-refractivity contribution is 0.847. The molecule has 0 fully saturated rings. The zero-order valence-corrected chi connectivity index (χ0v) is 9.89. The van der Waals surface area contributed by atoms with Crippen LogP contribution in [0.2, 0.25) is 0 Å². The van der Waals surface area contributed by atoms with Gasteiger partial charge in [0.2, 0.25) is 0 Å². The molecule has 74 valence electrons. The van der Waals surface area contributed by atoms with Crippen molar-refractivity contribution in [1.82, 2.24) is 5.32 Å². The van der Waals surface area contributed by atoms with Crippen LogP contribution in [0.1, 0.15) is 26.7 Å². The Balaban J connectivity index is 3.88. The van der Waals surface area contributed by atoms with E-state index in [1.54, 1.807) is 6.21 Å². The molecule has 0 aliphatic heterocycles. The third-order valence-electron chi connectivity index (χ3n) is 1.35. The van der Waals surface area contributed by atoms with Crippen molar-refractivity contribution in [2.45, 2.75) is 26.7 Å². The van der Waals surface area contributed by atoms with Crippen LogP contribution in [0.5, 0.6) is 0 Å². The molecule has 0 aromatic rings. The van der Waals surface area contributed by atoms with E-state index in [0.29, 0.717) is 5.82 Å². The van der Waals surface area contributed by atoms with Crippen LogP contribution in [0.3, 0.4) is 0 Å². The third-order valence-corrected chi connectivity index (χ3v) is 1.88. The smallest absolute Gasteiger partial charge is 0.118 e. The van der Waals surface area contributed by atoms with Gasteiger partial charge in [0, 0.05) is 17.2 Å². The van der Waals surface area contributed by atoms with E-state index in [1.807, 2.05) is 6.92 Å². The van der Waals surface area contributed by atoms with E-state index in [1.165, 1.54) is 0 Å². The largest absolute Gasteiger partial charge is 0.371 e. The monoisotopic (exact) mass is 244 g/mol. The van der Waals surface area contributed by atoms with E-state index >= 15 is 0 Å². The fourth-order valence-corrected chi connectivity index (χ4v) is 1.06. The number of allylic oxidation sites excluding steroid dienone is 2. The van der Waals surface area contributed by atoms with Gasteiger partial charge < -0.3 is 5.32 Å². The summed E-state index contributed by atoms with van der Waals surface area (Å²) in [5.41, 5.74) is 0. The first-order chi connectivity index (χ1) is 6.20. The van der Waals surface area contributed by atoms with Crippen molar-refractivity contribution in [2.75, 3.05) is 6.54 Å². The van der Waals surface area contributed by atoms with Crippen molar-refractivity contribution >= 4 is 22.1 Å². The summed E-state index contributed by atoms with van der Waals surface area (Å²) in [6.07, 6.45) is 6.08. The maximum absolute atomic E-state index is 4.12. The van der Waals surface area contributed by atoms with E-state index < -0.39 is 0 Å². The van der Waals surface area contributed by atoms with Gasteiger partial charge in [-0.1, -0.05) is 26.0 Å². The van der Waals surface area contributed by atoms with Crippen molar-refractivity contribution in [3.8, 4) is 0 Å². The van der Waals surface area contributed by atoms with Crippen LogP contribution in [-0.4, -0.2) is 12.8 Å². The Morgan fingerprint density at radius 3 is 2.77 bits per heavy atom. The molecular formula is C10H17BrN2. The quantitative estimate of drug-likeness (QED) is 0.714. The highest BCUT2D eigenvalue weighted by Gasteiger charge is 1.86. The Hall–Kier alpha value is -0.570. The maximum atomic E-state index is 4.12. The van der Waals surface area contributed by atoms with E-state index in [0.717, 1.165) is 23.9 Å². The molecule has 13 heavy (non-hydrogen) atoms. The Kier molecular flexibility index (Phi) is 7.69. The minimum absolute atomic E-state index is 0.698. The third kappa shape index (κ3) is 7.78. The SMILES string of the molecule is C=C(/N=C\C(Br)=C/CCC)NCC. The van der Waals surface area contributed by atoms with Gasteiger partial charge in [-0.25, -0.2) is 4.99 Å². The van der Waals surface area contributed by atoms with Gasteiger partial charge in [0.05, 0.1) is 0 Å². The molecule has 0 spiro atoms. The topological polar surface area (TPSA) is 24.4 Å². The van der Waals surface area contributed by atoms with Crippen LogP contribution >= 0.6 is 15.9 Å². The number of aliphatic imine (C=N–C) groups is 1. The molecule has 0 bridgehead atoms. The fraction of sp³-hybridized carbons (Fsp3) is 0.500. The number of halogens is 1. The zero-order valence-electron chi connectivity index (χ0n) is 8.31. The van der Waals surface area contributed by atoms with E-state index in [4.69, 9.17) is 0 Å². The lowest BCUT2D eigenvalue weighted by Gasteiger charge is -1.98. The molecule has 2 nitrogen and oxygen atoms in total. The summed E-state index contributed by atoms with van der Waals surface area (Å²) < 4.78 is 1.01. The molecular weight excluding hydrogens is 228 g/mol. The first-order valence-corrected chi connectivity index (χ1v) is 5.32. The highest BCUT2D eigenvalue weighted by molar-refractivity contribution is 9.12. The predicted octanol–water partition coefficient (Wildman–Crippen LogP) is 3.22. The van der Waals surface area contributed by atoms with Gasteiger partial charge in [-0.15, -0.1) is 0 Å². The van der Waals surface area contributed by atoms with Crippen molar-refractivity contribution in [3.05, 3.63) is 23.0 Å². The van der Waals surface area contributed by atoms with Gasteiger partial charge in [0.1, 0.15) is 5.82 Å². The summed E-state index contributed by atoms with van der Waals surface area (Å²) in [5.74, 6) is 0.698. The maximum Gasteiger partial charge on any atom is 0.118 e. The van der Waals surface area contributed by atoms with Gasteiger partial charge in [-0.2, -0.15) is 0 Å². The highest BCUT2D eigenvalue weighted by atomic mass is 79.9. The van der Waals surface area contributed by atoms with Crippen LogP contribution in [0, 0.1) is 0 Å².